The van der Waals surface area contributed by atoms with Crippen LogP contribution in [0.2, 0.25) is 0 Å². The van der Waals surface area contributed by atoms with Gasteiger partial charge < -0.3 is 5.73 Å². The van der Waals surface area contributed by atoms with E-state index in [0.29, 0.717) is 11.5 Å². The van der Waals surface area contributed by atoms with Crippen molar-refractivity contribution in [3.05, 3.63) is 17.8 Å². The number of hydrogen-bond acceptors (Lipinski definition) is 4. The number of hydrazine groups is 1. The second-order valence-corrected chi connectivity index (χ2v) is 4.50. The van der Waals surface area contributed by atoms with Gasteiger partial charge in [0.2, 0.25) is 0 Å². The van der Waals surface area contributed by atoms with Crippen molar-refractivity contribution in [3.63, 3.8) is 0 Å². The first-order chi connectivity index (χ1) is 6.32. The van der Waals surface area contributed by atoms with E-state index in [2.05, 4.69) is 25.8 Å². The molecule has 1 aromatic rings. The molecule has 0 radical (unpaired) electrons. The van der Waals surface area contributed by atoms with Crippen molar-refractivity contribution in [2.45, 2.75) is 26.2 Å². The molecule has 4 N–H and O–H groups in total. The summed E-state index contributed by atoms with van der Waals surface area (Å²) in [6.45, 7) is 6.36. The minimum Gasteiger partial charge on any atom is -0.396 e. The van der Waals surface area contributed by atoms with E-state index in [9.17, 15) is 0 Å². The fourth-order valence-electron chi connectivity index (χ4n) is 1.18. The average Bonchev–Trinajstić information content (AvgIpc) is 2.01. The maximum atomic E-state index is 5.83. The van der Waals surface area contributed by atoms with Crippen molar-refractivity contribution in [2.24, 2.45) is 5.84 Å². The van der Waals surface area contributed by atoms with Crippen LogP contribution in [-0.2, 0) is 5.41 Å². The second-order valence-electron chi connectivity index (χ2n) is 4.50. The van der Waals surface area contributed by atoms with Crippen LogP contribution in [0.1, 0.15) is 26.3 Å². The third-order valence-corrected chi connectivity index (χ3v) is 2.10. The Morgan fingerprint density at radius 2 is 1.93 bits per heavy atom. The summed E-state index contributed by atoms with van der Waals surface area (Å²) in [4.78, 5) is 4.22. The molecule has 1 heterocycles. The third-order valence-electron chi connectivity index (χ3n) is 2.10. The summed E-state index contributed by atoms with van der Waals surface area (Å²) in [6, 6.07) is 1.92. The zero-order chi connectivity index (χ0) is 10.9. The van der Waals surface area contributed by atoms with Crippen molar-refractivity contribution in [3.8, 4) is 0 Å². The second kappa shape index (κ2) is 3.46. The van der Waals surface area contributed by atoms with Gasteiger partial charge in [0.1, 0.15) is 0 Å². The fourth-order valence-corrected chi connectivity index (χ4v) is 1.18. The Hall–Kier alpha value is -1.29. The molecule has 0 fully saturated rings. The van der Waals surface area contributed by atoms with E-state index in [-0.39, 0.29) is 5.41 Å². The molecule has 14 heavy (non-hydrogen) atoms. The number of nitrogens with zero attached hydrogens (tertiary/aromatic N) is 2. The summed E-state index contributed by atoms with van der Waals surface area (Å²) < 4.78 is 0. The Bertz CT molecular complexity index is 325. The van der Waals surface area contributed by atoms with Gasteiger partial charge >= 0.3 is 0 Å². The van der Waals surface area contributed by atoms with Gasteiger partial charge in [0.15, 0.2) is 5.82 Å². The van der Waals surface area contributed by atoms with Gasteiger partial charge in [-0.3, -0.25) is 5.01 Å². The summed E-state index contributed by atoms with van der Waals surface area (Å²) in [5.41, 5.74) is 7.62. The number of rotatable bonds is 1. The highest BCUT2D eigenvalue weighted by molar-refractivity contribution is 5.62. The topological polar surface area (TPSA) is 68.2 Å². The van der Waals surface area contributed by atoms with Crippen LogP contribution in [0.3, 0.4) is 0 Å². The van der Waals surface area contributed by atoms with E-state index in [1.54, 1.807) is 7.05 Å². The van der Waals surface area contributed by atoms with E-state index in [4.69, 9.17) is 11.6 Å². The standard InChI is InChI=1S/C10H18N4/c1-10(2,3)7-5-8(11)9(13-6-7)14(4)12/h5-6H,11-12H2,1-4H3. The van der Waals surface area contributed by atoms with Crippen molar-refractivity contribution in [2.75, 3.05) is 17.8 Å². The normalized spacial score (nSPS) is 11.5. The van der Waals surface area contributed by atoms with E-state index < -0.39 is 0 Å². The predicted molar refractivity (Wildman–Crippen MR) is 59.9 cm³/mol. The maximum Gasteiger partial charge on any atom is 0.165 e. The van der Waals surface area contributed by atoms with Gasteiger partial charge in [-0.1, -0.05) is 20.8 Å². The molecule has 0 aliphatic heterocycles. The first-order valence-electron chi connectivity index (χ1n) is 4.57. The minimum absolute atomic E-state index is 0.0623. The van der Waals surface area contributed by atoms with Crippen molar-refractivity contribution in [1.82, 2.24) is 4.98 Å². The van der Waals surface area contributed by atoms with Crippen LogP contribution in [0.15, 0.2) is 12.3 Å². The molecule has 1 aromatic heterocycles. The monoisotopic (exact) mass is 194 g/mol. The van der Waals surface area contributed by atoms with Gasteiger partial charge in [-0.25, -0.2) is 10.8 Å². The highest BCUT2D eigenvalue weighted by Crippen LogP contribution is 2.26. The molecule has 0 saturated heterocycles. The maximum absolute atomic E-state index is 5.83. The van der Waals surface area contributed by atoms with Crippen LogP contribution in [0, 0.1) is 0 Å². The first-order valence-corrected chi connectivity index (χ1v) is 4.57. The smallest absolute Gasteiger partial charge is 0.165 e. The quantitative estimate of drug-likeness (QED) is 0.522. The van der Waals surface area contributed by atoms with Gasteiger partial charge in [-0.05, 0) is 17.0 Å². The molecule has 0 aliphatic carbocycles. The van der Waals surface area contributed by atoms with Crippen molar-refractivity contribution in [1.29, 1.82) is 0 Å². The summed E-state index contributed by atoms with van der Waals surface area (Å²) in [5.74, 6) is 6.17. The van der Waals surface area contributed by atoms with Crippen LogP contribution in [0.25, 0.3) is 0 Å². The fraction of sp³-hybridized carbons (Fsp3) is 0.500. The van der Waals surface area contributed by atoms with E-state index in [1.165, 1.54) is 5.01 Å². The summed E-state index contributed by atoms with van der Waals surface area (Å²) in [6.07, 6.45) is 1.81. The molecule has 0 spiro atoms. The van der Waals surface area contributed by atoms with E-state index in [1.807, 2.05) is 12.3 Å². The van der Waals surface area contributed by atoms with E-state index >= 15 is 0 Å². The molecular weight excluding hydrogens is 176 g/mol. The highest BCUT2D eigenvalue weighted by Gasteiger charge is 2.15. The van der Waals surface area contributed by atoms with Crippen molar-refractivity contribution >= 4 is 11.5 Å². The molecule has 1 rings (SSSR count). The van der Waals surface area contributed by atoms with Gasteiger partial charge in [-0.2, -0.15) is 0 Å². The molecule has 0 bridgehead atoms. The third kappa shape index (κ3) is 2.14. The van der Waals surface area contributed by atoms with Gasteiger partial charge in [0, 0.05) is 13.2 Å². The molecule has 0 atom stereocenters. The Morgan fingerprint density at radius 1 is 1.36 bits per heavy atom. The SMILES string of the molecule is CN(N)c1ncc(C(C)(C)C)cc1N. The average molecular weight is 194 g/mol. The molecular formula is C10H18N4. The Morgan fingerprint density at radius 3 is 2.29 bits per heavy atom. The van der Waals surface area contributed by atoms with Gasteiger partial charge in [0.05, 0.1) is 5.69 Å². The number of hydrogen-bond donors (Lipinski definition) is 2. The van der Waals surface area contributed by atoms with Crippen LogP contribution in [0.4, 0.5) is 11.5 Å². The molecule has 0 amide bonds. The Labute approximate surface area is 84.9 Å². The van der Waals surface area contributed by atoms with Crippen LogP contribution in [0.5, 0.6) is 0 Å². The number of pyridine rings is 1. The number of nitrogen functional groups attached to an aromatic ring is 1. The lowest BCUT2D eigenvalue weighted by atomic mass is 9.88. The summed E-state index contributed by atoms with van der Waals surface area (Å²) in [7, 11) is 1.72. The van der Waals surface area contributed by atoms with E-state index in [0.717, 1.165) is 5.56 Å². The number of nitrogens with two attached hydrogens (primary N) is 2. The molecule has 4 nitrogen and oxygen atoms in total. The molecule has 0 saturated carbocycles. The molecule has 0 unspecified atom stereocenters. The zero-order valence-electron chi connectivity index (χ0n) is 9.20. The number of anilines is 2. The van der Waals surface area contributed by atoms with Crippen LogP contribution < -0.4 is 16.6 Å². The van der Waals surface area contributed by atoms with Crippen LogP contribution in [-0.4, -0.2) is 12.0 Å². The Balaban J connectivity index is 3.13. The predicted octanol–water partition coefficient (Wildman–Crippen LogP) is 1.27. The summed E-state index contributed by atoms with van der Waals surface area (Å²) >= 11 is 0. The lowest BCUT2D eigenvalue weighted by Crippen LogP contribution is -2.27. The Kier molecular flexibility index (Phi) is 2.66. The molecule has 78 valence electrons. The minimum atomic E-state index is 0.0623. The lowest BCUT2D eigenvalue weighted by Gasteiger charge is -2.21. The van der Waals surface area contributed by atoms with Crippen molar-refractivity contribution < 1.29 is 0 Å². The molecule has 0 aliphatic rings. The molecule has 4 heteroatoms. The van der Waals surface area contributed by atoms with Gasteiger partial charge in [0.25, 0.3) is 0 Å². The van der Waals surface area contributed by atoms with Crippen LogP contribution >= 0.6 is 0 Å². The number of aromatic nitrogens is 1. The summed E-state index contributed by atoms with van der Waals surface area (Å²) in [5, 5.41) is 1.42. The first kappa shape index (κ1) is 10.8. The largest absolute Gasteiger partial charge is 0.396 e. The van der Waals surface area contributed by atoms with Gasteiger partial charge in [-0.15, -0.1) is 0 Å². The zero-order valence-corrected chi connectivity index (χ0v) is 9.20. The highest BCUT2D eigenvalue weighted by atomic mass is 15.4. The molecule has 0 aromatic carbocycles. The lowest BCUT2D eigenvalue weighted by molar-refractivity contribution is 0.587.